The van der Waals surface area contributed by atoms with Gasteiger partial charge in [0.1, 0.15) is 18.5 Å². The first-order valence-corrected chi connectivity index (χ1v) is 8.42. The van der Waals surface area contributed by atoms with Gasteiger partial charge in [-0.15, -0.1) is 0 Å². The minimum atomic E-state index is -0.678. The van der Waals surface area contributed by atoms with Gasteiger partial charge in [-0.25, -0.2) is 4.39 Å². The van der Waals surface area contributed by atoms with Crippen LogP contribution in [-0.2, 0) is 14.3 Å². The van der Waals surface area contributed by atoms with Crippen molar-refractivity contribution < 1.29 is 18.7 Å². The number of carbonyl (C=O) groups excluding carboxylic acids is 2. The van der Waals surface area contributed by atoms with Crippen LogP contribution in [0.2, 0.25) is 0 Å². The molecule has 6 nitrogen and oxygen atoms in total. The summed E-state index contributed by atoms with van der Waals surface area (Å²) < 4.78 is 19.1. The minimum absolute atomic E-state index is 0.0451. The molecule has 138 valence electrons. The highest BCUT2D eigenvalue weighted by Gasteiger charge is 2.31. The van der Waals surface area contributed by atoms with E-state index in [0.717, 1.165) is 0 Å². The molecule has 1 aromatic carbocycles. The van der Waals surface area contributed by atoms with Gasteiger partial charge in [0.2, 0.25) is 11.8 Å². The Bertz CT molecular complexity index is 609. The molecular weight excluding hydrogens is 325 g/mol. The molecule has 25 heavy (non-hydrogen) atoms. The lowest BCUT2D eigenvalue weighted by Crippen LogP contribution is -2.43. The van der Waals surface area contributed by atoms with E-state index < -0.39 is 6.04 Å². The molecule has 0 N–H and O–H groups in total. The molecular formula is C18H26FN3O3. The molecule has 1 fully saturated rings. The van der Waals surface area contributed by atoms with Gasteiger partial charge in [-0.3, -0.25) is 14.5 Å². The number of amides is 2. The summed E-state index contributed by atoms with van der Waals surface area (Å²) in [5.74, 6) is -0.604. The number of nitrogens with zero attached hydrogens (tertiary/aromatic N) is 3. The van der Waals surface area contributed by atoms with Crippen LogP contribution in [0.4, 0.5) is 4.39 Å². The van der Waals surface area contributed by atoms with Crippen LogP contribution in [-0.4, -0.2) is 80.5 Å². The van der Waals surface area contributed by atoms with Gasteiger partial charge in [0, 0.05) is 38.9 Å². The van der Waals surface area contributed by atoms with E-state index in [1.807, 2.05) is 0 Å². The Morgan fingerprint density at radius 1 is 1.16 bits per heavy atom. The van der Waals surface area contributed by atoms with Gasteiger partial charge < -0.3 is 14.5 Å². The molecule has 2 rings (SSSR count). The van der Waals surface area contributed by atoms with Crippen molar-refractivity contribution in [2.45, 2.75) is 12.5 Å². The number of carbonyl (C=O) groups is 2. The first-order chi connectivity index (χ1) is 12.0. The lowest BCUT2D eigenvalue weighted by atomic mass is 10.0. The van der Waals surface area contributed by atoms with Crippen LogP contribution in [0, 0.1) is 5.82 Å². The summed E-state index contributed by atoms with van der Waals surface area (Å²) in [6.45, 7) is 2.09. The molecule has 0 spiro atoms. The number of rotatable bonds is 5. The van der Waals surface area contributed by atoms with Crippen molar-refractivity contribution in [2.75, 3.05) is 54.0 Å². The predicted molar refractivity (Wildman–Crippen MR) is 92.5 cm³/mol. The van der Waals surface area contributed by atoms with Crippen molar-refractivity contribution in [3.05, 3.63) is 35.6 Å². The van der Waals surface area contributed by atoms with Crippen molar-refractivity contribution in [3.63, 3.8) is 0 Å². The lowest BCUT2D eigenvalue weighted by Gasteiger charge is -2.30. The van der Waals surface area contributed by atoms with Crippen molar-refractivity contribution >= 4 is 11.8 Å². The van der Waals surface area contributed by atoms with Crippen LogP contribution >= 0.6 is 0 Å². The van der Waals surface area contributed by atoms with E-state index in [2.05, 4.69) is 0 Å². The van der Waals surface area contributed by atoms with Gasteiger partial charge >= 0.3 is 0 Å². The average molecular weight is 351 g/mol. The summed E-state index contributed by atoms with van der Waals surface area (Å²) >= 11 is 0. The first kappa shape index (κ1) is 19.3. The second-order valence-corrected chi connectivity index (χ2v) is 6.38. The summed E-state index contributed by atoms with van der Waals surface area (Å²) in [6, 6.07) is 5.68. The van der Waals surface area contributed by atoms with Crippen molar-refractivity contribution in [2.24, 2.45) is 0 Å². The maximum Gasteiger partial charge on any atom is 0.248 e. The van der Waals surface area contributed by atoms with Crippen LogP contribution in [0.15, 0.2) is 24.3 Å². The summed E-state index contributed by atoms with van der Waals surface area (Å²) in [6.07, 6.45) is 0.693. The third kappa shape index (κ3) is 4.76. The quantitative estimate of drug-likeness (QED) is 0.798. The number of hydrogen-bond donors (Lipinski definition) is 0. The number of ether oxygens (including phenoxy) is 1. The topological polar surface area (TPSA) is 53.1 Å². The van der Waals surface area contributed by atoms with E-state index in [1.165, 1.54) is 13.2 Å². The third-order valence-corrected chi connectivity index (χ3v) is 4.38. The zero-order valence-corrected chi connectivity index (χ0v) is 15.1. The number of halogens is 1. The number of methoxy groups -OCH3 is 1. The molecule has 1 saturated heterocycles. The molecule has 0 radical (unpaired) electrons. The monoisotopic (exact) mass is 351 g/mol. The van der Waals surface area contributed by atoms with E-state index in [4.69, 9.17) is 4.74 Å². The minimum Gasteiger partial charge on any atom is -0.375 e. The van der Waals surface area contributed by atoms with Crippen LogP contribution in [0.1, 0.15) is 18.0 Å². The first-order valence-electron chi connectivity index (χ1n) is 8.42. The molecule has 1 aliphatic rings. The Labute approximate surface area is 148 Å². The predicted octanol–water partition coefficient (Wildman–Crippen LogP) is 1.14. The largest absolute Gasteiger partial charge is 0.375 e. The van der Waals surface area contributed by atoms with Crippen LogP contribution in [0.3, 0.4) is 0 Å². The molecule has 1 heterocycles. The van der Waals surface area contributed by atoms with Gasteiger partial charge in [0.25, 0.3) is 0 Å². The van der Waals surface area contributed by atoms with Crippen LogP contribution < -0.4 is 0 Å². The van der Waals surface area contributed by atoms with E-state index in [1.54, 1.807) is 47.0 Å². The molecule has 0 aromatic heterocycles. The molecule has 0 bridgehead atoms. The zero-order valence-electron chi connectivity index (χ0n) is 15.1. The molecule has 7 heteroatoms. The molecule has 1 unspecified atom stereocenters. The third-order valence-electron chi connectivity index (χ3n) is 4.38. The van der Waals surface area contributed by atoms with Gasteiger partial charge in [0.15, 0.2) is 0 Å². The summed E-state index contributed by atoms with van der Waals surface area (Å²) in [7, 11) is 5.02. The van der Waals surface area contributed by atoms with E-state index in [0.29, 0.717) is 38.2 Å². The fourth-order valence-electron chi connectivity index (χ4n) is 3.10. The lowest BCUT2D eigenvalue weighted by molar-refractivity contribution is -0.138. The SMILES string of the molecule is COCC(=O)N1CCCN(C(=O)C(c2ccccc2F)N(C)C)CC1. The fourth-order valence-corrected chi connectivity index (χ4v) is 3.10. The molecule has 0 saturated carbocycles. The molecule has 2 amide bonds. The average Bonchev–Trinajstić information content (AvgIpc) is 2.83. The van der Waals surface area contributed by atoms with Gasteiger partial charge in [-0.2, -0.15) is 0 Å². The maximum absolute atomic E-state index is 14.2. The highest BCUT2D eigenvalue weighted by Crippen LogP contribution is 2.24. The molecule has 0 aliphatic carbocycles. The maximum atomic E-state index is 14.2. The smallest absolute Gasteiger partial charge is 0.248 e. The molecule has 1 aliphatic heterocycles. The zero-order chi connectivity index (χ0) is 18.4. The van der Waals surface area contributed by atoms with Crippen LogP contribution in [0.25, 0.3) is 0 Å². The normalized spacial score (nSPS) is 16.7. The van der Waals surface area contributed by atoms with Crippen molar-refractivity contribution in [3.8, 4) is 0 Å². The summed E-state index contributed by atoms with van der Waals surface area (Å²) in [4.78, 5) is 30.2. The number of likely N-dealkylation sites (N-methyl/N-ethyl adjacent to an activating group) is 1. The number of hydrogen-bond acceptors (Lipinski definition) is 4. The van der Waals surface area contributed by atoms with E-state index in [-0.39, 0.29) is 24.2 Å². The van der Waals surface area contributed by atoms with Crippen molar-refractivity contribution in [1.82, 2.24) is 14.7 Å². The highest BCUT2D eigenvalue weighted by atomic mass is 19.1. The fraction of sp³-hybridized carbons (Fsp3) is 0.556. The Morgan fingerprint density at radius 2 is 1.80 bits per heavy atom. The van der Waals surface area contributed by atoms with Crippen LogP contribution in [0.5, 0.6) is 0 Å². The Hall–Kier alpha value is -1.99. The Morgan fingerprint density at radius 3 is 2.44 bits per heavy atom. The number of benzene rings is 1. The summed E-state index contributed by atoms with van der Waals surface area (Å²) in [5.41, 5.74) is 0.370. The second-order valence-electron chi connectivity index (χ2n) is 6.38. The second kappa shape index (κ2) is 8.92. The summed E-state index contributed by atoms with van der Waals surface area (Å²) in [5, 5.41) is 0. The highest BCUT2D eigenvalue weighted by molar-refractivity contribution is 5.83. The Kier molecular flexibility index (Phi) is 6.90. The Balaban J connectivity index is 2.12. The molecule has 1 atom stereocenters. The van der Waals surface area contributed by atoms with Gasteiger partial charge in [0.05, 0.1) is 0 Å². The van der Waals surface area contributed by atoms with Gasteiger partial charge in [-0.1, -0.05) is 18.2 Å². The van der Waals surface area contributed by atoms with E-state index in [9.17, 15) is 14.0 Å². The van der Waals surface area contributed by atoms with Gasteiger partial charge in [-0.05, 0) is 26.6 Å². The standard InChI is InChI=1S/C18H26FN3O3/c1-20(2)17(14-7-4-5-8-15(14)19)18(24)22-10-6-9-21(11-12-22)16(23)13-25-3/h4-5,7-8,17H,6,9-13H2,1-3H3. The van der Waals surface area contributed by atoms with E-state index >= 15 is 0 Å². The molecule has 1 aromatic rings. The van der Waals surface area contributed by atoms with Crippen molar-refractivity contribution in [1.29, 1.82) is 0 Å².